The molecule has 1 aliphatic rings. The number of amidine groups is 1. The highest BCUT2D eigenvalue weighted by Crippen LogP contribution is 2.39. The Kier molecular flexibility index (Phi) is 7.21. The molecule has 0 radical (unpaired) electrons. The highest BCUT2D eigenvalue weighted by atomic mass is 32.2. The van der Waals surface area contributed by atoms with Gasteiger partial charge in [-0.25, -0.2) is 4.99 Å². The van der Waals surface area contributed by atoms with E-state index in [-0.39, 0.29) is 11.9 Å². The Hall–Kier alpha value is -2.73. The third kappa shape index (κ3) is 4.87. The molecule has 0 aliphatic carbocycles. The van der Waals surface area contributed by atoms with Crippen LogP contribution in [0.1, 0.15) is 38.3 Å². The van der Waals surface area contributed by atoms with Crippen LogP contribution in [0.5, 0.6) is 11.5 Å². The average Bonchev–Trinajstić information content (AvgIpc) is 3.03. The number of para-hydroxylation sites is 1. The summed E-state index contributed by atoms with van der Waals surface area (Å²) in [5, 5.41) is 0.684. The van der Waals surface area contributed by atoms with Gasteiger partial charge in [0.2, 0.25) is 0 Å². The van der Waals surface area contributed by atoms with Crippen LogP contribution in [-0.4, -0.2) is 35.7 Å². The molecule has 158 valence electrons. The van der Waals surface area contributed by atoms with Crippen molar-refractivity contribution in [2.45, 2.75) is 40.2 Å². The Morgan fingerprint density at radius 1 is 1.17 bits per heavy atom. The number of amides is 1. The molecule has 1 saturated heterocycles. The molecule has 5 nitrogen and oxygen atoms in total. The molecule has 0 spiro atoms. The van der Waals surface area contributed by atoms with Gasteiger partial charge < -0.3 is 9.47 Å². The van der Waals surface area contributed by atoms with Crippen molar-refractivity contribution in [3.05, 3.63) is 58.5 Å². The molecule has 2 aromatic carbocycles. The first kappa shape index (κ1) is 22.0. The van der Waals surface area contributed by atoms with Crippen molar-refractivity contribution in [3.63, 3.8) is 0 Å². The minimum absolute atomic E-state index is 0.00113. The first-order valence-electron chi connectivity index (χ1n) is 10.1. The van der Waals surface area contributed by atoms with E-state index in [1.165, 1.54) is 17.3 Å². The van der Waals surface area contributed by atoms with Gasteiger partial charge in [-0.05, 0) is 63.2 Å². The van der Waals surface area contributed by atoms with E-state index in [1.54, 1.807) is 12.0 Å². The third-order valence-corrected chi connectivity index (χ3v) is 5.56. The molecule has 2 aromatic rings. The lowest BCUT2D eigenvalue weighted by Gasteiger charge is -2.19. The quantitative estimate of drug-likeness (QED) is 0.527. The minimum atomic E-state index is -0.0508. The van der Waals surface area contributed by atoms with Crippen molar-refractivity contribution in [2.75, 3.05) is 13.7 Å². The van der Waals surface area contributed by atoms with E-state index in [4.69, 9.17) is 14.5 Å². The molecule has 1 heterocycles. The molecule has 30 heavy (non-hydrogen) atoms. The van der Waals surface area contributed by atoms with Crippen LogP contribution in [-0.2, 0) is 4.79 Å². The Morgan fingerprint density at radius 3 is 2.53 bits per heavy atom. The van der Waals surface area contributed by atoms with E-state index >= 15 is 0 Å². The number of rotatable bonds is 7. The van der Waals surface area contributed by atoms with Crippen molar-refractivity contribution in [3.8, 4) is 11.5 Å². The summed E-state index contributed by atoms with van der Waals surface area (Å²) < 4.78 is 11.4. The van der Waals surface area contributed by atoms with Crippen LogP contribution in [0.3, 0.4) is 0 Å². The smallest absolute Gasteiger partial charge is 0.266 e. The molecule has 3 rings (SSSR count). The van der Waals surface area contributed by atoms with E-state index in [1.807, 2.05) is 69.3 Å². The number of hydrogen-bond acceptors (Lipinski definition) is 5. The van der Waals surface area contributed by atoms with Gasteiger partial charge in [0.25, 0.3) is 5.91 Å². The molecule has 6 heteroatoms. The molecule has 1 amide bonds. The maximum Gasteiger partial charge on any atom is 0.266 e. The van der Waals surface area contributed by atoms with Gasteiger partial charge >= 0.3 is 0 Å². The van der Waals surface area contributed by atoms with Gasteiger partial charge in [-0.1, -0.05) is 36.8 Å². The van der Waals surface area contributed by atoms with Crippen LogP contribution in [0, 0.1) is 6.92 Å². The lowest BCUT2D eigenvalue weighted by atomic mass is 10.1. The van der Waals surface area contributed by atoms with Gasteiger partial charge in [-0.15, -0.1) is 0 Å². The first-order chi connectivity index (χ1) is 14.4. The molecule has 1 aliphatic heterocycles. The van der Waals surface area contributed by atoms with Gasteiger partial charge in [0.05, 0.1) is 24.3 Å². The molecular formula is C24H28N2O3S. The number of methoxy groups -OCH3 is 1. The van der Waals surface area contributed by atoms with Gasteiger partial charge in [-0.3, -0.25) is 9.69 Å². The Morgan fingerprint density at radius 2 is 1.90 bits per heavy atom. The van der Waals surface area contributed by atoms with E-state index < -0.39 is 0 Å². The van der Waals surface area contributed by atoms with Gasteiger partial charge in [0.15, 0.2) is 16.7 Å². The number of carbonyl (C=O) groups is 1. The third-order valence-electron chi connectivity index (χ3n) is 4.58. The standard InChI is InChI=1S/C24H28N2O3S/c1-6-14-29-22-18(8-7-9-20(22)28-5)15-21-23(27)26(16(2)3)24(30-21)25-19-12-10-17(4)11-13-19/h7-13,15-16H,6,14H2,1-5H3/b21-15+,25-24?. The predicted octanol–water partition coefficient (Wildman–Crippen LogP) is 5.80. The van der Waals surface area contributed by atoms with Gasteiger partial charge in [0, 0.05) is 11.6 Å². The minimum Gasteiger partial charge on any atom is -0.493 e. The van der Waals surface area contributed by atoms with Gasteiger partial charge in [-0.2, -0.15) is 0 Å². The number of aryl methyl sites for hydroxylation is 1. The highest BCUT2D eigenvalue weighted by Gasteiger charge is 2.35. The number of thioether (sulfide) groups is 1. The van der Waals surface area contributed by atoms with Crippen molar-refractivity contribution in [2.24, 2.45) is 4.99 Å². The molecule has 0 aromatic heterocycles. The fourth-order valence-corrected chi connectivity index (χ4v) is 4.17. The molecule has 0 N–H and O–H groups in total. The van der Waals surface area contributed by atoms with E-state index in [2.05, 4.69) is 6.92 Å². The zero-order valence-corrected chi connectivity index (χ0v) is 19.0. The largest absolute Gasteiger partial charge is 0.493 e. The second-order valence-electron chi connectivity index (χ2n) is 7.34. The summed E-state index contributed by atoms with van der Waals surface area (Å²) in [4.78, 5) is 20.3. The van der Waals surface area contributed by atoms with E-state index in [0.717, 1.165) is 17.7 Å². The van der Waals surface area contributed by atoms with Crippen LogP contribution in [0.4, 0.5) is 5.69 Å². The lowest BCUT2D eigenvalue weighted by Crippen LogP contribution is -2.35. The maximum atomic E-state index is 13.2. The van der Waals surface area contributed by atoms with Crippen LogP contribution < -0.4 is 9.47 Å². The summed E-state index contributed by atoms with van der Waals surface area (Å²) in [6, 6.07) is 13.7. The van der Waals surface area contributed by atoms with Crippen LogP contribution in [0.25, 0.3) is 6.08 Å². The van der Waals surface area contributed by atoms with Gasteiger partial charge in [0.1, 0.15) is 0 Å². The zero-order chi connectivity index (χ0) is 21.7. The van der Waals surface area contributed by atoms with Crippen molar-refractivity contribution >= 4 is 34.6 Å². The van der Waals surface area contributed by atoms with Crippen molar-refractivity contribution < 1.29 is 14.3 Å². The first-order valence-corrected chi connectivity index (χ1v) is 10.9. The lowest BCUT2D eigenvalue weighted by molar-refractivity contribution is -0.123. The highest BCUT2D eigenvalue weighted by molar-refractivity contribution is 8.18. The predicted molar refractivity (Wildman–Crippen MR) is 125 cm³/mol. The number of ether oxygens (including phenoxy) is 2. The Labute approximate surface area is 182 Å². The van der Waals surface area contributed by atoms with E-state index in [0.29, 0.717) is 28.2 Å². The second-order valence-corrected chi connectivity index (χ2v) is 8.35. The molecule has 0 saturated carbocycles. The second kappa shape index (κ2) is 9.85. The maximum absolute atomic E-state index is 13.2. The number of carbonyl (C=O) groups excluding carboxylic acids is 1. The molecule has 1 fully saturated rings. The van der Waals surface area contributed by atoms with Crippen LogP contribution >= 0.6 is 11.8 Å². The number of hydrogen-bond donors (Lipinski definition) is 0. The van der Waals surface area contributed by atoms with E-state index in [9.17, 15) is 4.79 Å². The fraction of sp³-hybridized carbons (Fsp3) is 0.333. The summed E-state index contributed by atoms with van der Waals surface area (Å²) in [5.41, 5.74) is 2.82. The molecule has 0 atom stereocenters. The summed E-state index contributed by atoms with van der Waals surface area (Å²) in [5.74, 6) is 1.26. The van der Waals surface area contributed by atoms with Crippen molar-refractivity contribution in [1.29, 1.82) is 0 Å². The Balaban J connectivity index is 2.00. The summed E-state index contributed by atoms with van der Waals surface area (Å²) in [6.45, 7) is 8.66. The molecule has 0 bridgehead atoms. The zero-order valence-electron chi connectivity index (χ0n) is 18.1. The summed E-state index contributed by atoms with van der Waals surface area (Å²) >= 11 is 1.39. The van der Waals surface area contributed by atoms with Crippen LogP contribution in [0.2, 0.25) is 0 Å². The SMILES string of the molecule is CCCOc1c(/C=C2/SC(=Nc3ccc(C)cc3)N(C(C)C)C2=O)cccc1OC. The topological polar surface area (TPSA) is 51.1 Å². The molecule has 0 unspecified atom stereocenters. The normalized spacial score (nSPS) is 16.7. The fourth-order valence-electron chi connectivity index (χ4n) is 3.06. The van der Waals surface area contributed by atoms with Crippen molar-refractivity contribution in [1.82, 2.24) is 4.90 Å². The monoisotopic (exact) mass is 424 g/mol. The molecular weight excluding hydrogens is 396 g/mol. The Bertz CT molecular complexity index is 965. The number of benzene rings is 2. The average molecular weight is 425 g/mol. The summed E-state index contributed by atoms with van der Waals surface area (Å²) in [7, 11) is 1.62. The summed E-state index contributed by atoms with van der Waals surface area (Å²) in [6.07, 6.45) is 2.75. The number of aliphatic imine (C=N–C) groups is 1. The van der Waals surface area contributed by atoms with Crippen LogP contribution in [0.15, 0.2) is 52.4 Å². The number of nitrogens with zero attached hydrogens (tertiary/aromatic N) is 2.